The van der Waals surface area contributed by atoms with Crippen molar-refractivity contribution in [3.05, 3.63) is 29.8 Å². The number of rotatable bonds is 4. The molecule has 2 N–H and O–H groups in total. The third-order valence-corrected chi connectivity index (χ3v) is 6.39. The molecule has 1 aliphatic rings. The number of aromatic nitrogens is 1. The van der Waals surface area contributed by atoms with E-state index < -0.39 is 21.2 Å². The second-order valence-corrected chi connectivity index (χ2v) is 8.40. The predicted molar refractivity (Wildman–Crippen MR) is 80.9 cm³/mol. The minimum Gasteiger partial charge on any atom is -0.320 e. The van der Waals surface area contributed by atoms with Gasteiger partial charge in [0.15, 0.2) is 0 Å². The summed E-state index contributed by atoms with van der Waals surface area (Å²) in [5.41, 5.74) is 6.52. The lowest BCUT2D eigenvalue weighted by molar-refractivity contribution is 0.196. The Morgan fingerprint density at radius 1 is 1.43 bits per heavy atom. The maximum absolute atomic E-state index is 13.1. The smallest absolute Gasteiger partial charge is 0.150 e. The molecule has 118 valence electrons. The summed E-state index contributed by atoms with van der Waals surface area (Å²) in [7, 11) is -3.05. The lowest BCUT2D eigenvalue weighted by Gasteiger charge is -2.40. The Balaban J connectivity index is 2.29. The van der Waals surface area contributed by atoms with Gasteiger partial charge in [-0.05, 0) is 43.7 Å². The highest BCUT2D eigenvalue weighted by atomic mass is 32.2. The van der Waals surface area contributed by atoms with Crippen LogP contribution in [-0.4, -0.2) is 24.9 Å². The average molecular weight is 314 g/mol. The molecule has 0 saturated heterocycles. The van der Waals surface area contributed by atoms with Gasteiger partial charge in [0.2, 0.25) is 0 Å². The molecule has 1 saturated carbocycles. The van der Waals surface area contributed by atoms with Gasteiger partial charge >= 0.3 is 0 Å². The molecule has 21 heavy (non-hydrogen) atoms. The van der Waals surface area contributed by atoms with E-state index in [1.54, 1.807) is 6.07 Å². The Morgan fingerprint density at radius 3 is 2.67 bits per heavy atom. The van der Waals surface area contributed by atoms with Gasteiger partial charge in [-0.25, -0.2) is 12.8 Å². The van der Waals surface area contributed by atoms with E-state index in [0.717, 1.165) is 12.8 Å². The highest BCUT2D eigenvalue weighted by molar-refractivity contribution is 7.91. The summed E-state index contributed by atoms with van der Waals surface area (Å²) >= 11 is 0. The number of nitrogens with zero attached hydrogens (tertiary/aromatic N) is 1. The number of hydrogen-bond acceptors (Lipinski definition) is 4. The highest BCUT2D eigenvalue weighted by Crippen LogP contribution is 2.40. The van der Waals surface area contributed by atoms with Crippen molar-refractivity contribution in [3.63, 3.8) is 0 Å². The molecular weight excluding hydrogens is 291 g/mol. The van der Waals surface area contributed by atoms with E-state index in [1.165, 1.54) is 18.5 Å². The van der Waals surface area contributed by atoms with Gasteiger partial charge < -0.3 is 5.73 Å². The third-order valence-electron chi connectivity index (χ3n) is 4.75. The van der Waals surface area contributed by atoms with Crippen molar-refractivity contribution in [2.24, 2.45) is 11.7 Å². The Morgan fingerprint density at radius 2 is 2.14 bits per heavy atom. The monoisotopic (exact) mass is 314 g/mol. The molecule has 2 rings (SSSR count). The van der Waals surface area contributed by atoms with Crippen molar-refractivity contribution >= 4 is 9.84 Å². The predicted octanol–water partition coefficient (Wildman–Crippen LogP) is 2.39. The summed E-state index contributed by atoms with van der Waals surface area (Å²) in [6.45, 7) is 1.97. The van der Waals surface area contributed by atoms with Crippen LogP contribution in [0.25, 0.3) is 0 Å². The zero-order valence-electron chi connectivity index (χ0n) is 12.5. The van der Waals surface area contributed by atoms with Crippen LogP contribution in [0, 0.1) is 11.7 Å². The van der Waals surface area contributed by atoms with Crippen molar-refractivity contribution in [2.45, 2.75) is 49.8 Å². The van der Waals surface area contributed by atoms with E-state index in [2.05, 4.69) is 4.98 Å². The third kappa shape index (κ3) is 3.43. The van der Waals surface area contributed by atoms with Crippen LogP contribution in [0.5, 0.6) is 0 Å². The molecule has 6 heteroatoms. The molecule has 3 unspecified atom stereocenters. The lowest BCUT2D eigenvalue weighted by Crippen LogP contribution is -2.47. The summed E-state index contributed by atoms with van der Waals surface area (Å²) in [5, 5.41) is -0.328. The fourth-order valence-electron chi connectivity index (χ4n) is 3.33. The SMILES string of the molecule is CCC(N)(c1ccc(F)cn1)C1CCCC(S(C)(=O)=O)C1. The Hall–Kier alpha value is -1.01. The number of hydrogen-bond donors (Lipinski definition) is 1. The fourth-order valence-corrected chi connectivity index (χ4v) is 4.51. The largest absolute Gasteiger partial charge is 0.320 e. The quantitative estimate of drug-likeness (QED) is 0.926. The van der Waals surface area contributed by atoms with Crippen molar-refractivity contribution in [3.8, 4) is 0 Å². The molecule has 0 amide bonds. The Kier molecular flexibility index (Phi) is 4.68. The van der Waals surface area contributed by atoms with Crippen molar-refractivity contribution in [2.75, 3.05) is 6.26 Å². The number of sulfone groups is 1. The summed E-state index contributed by atoms with van der Waals surface area (Å²) < 4.78 is 36.7. The summed E-state index contributed by atoms with van der Waals surface area (Å²) in [6, 6.07) is 2.97. The number of halogens is 1. The van der Waals surface area contributed by atoms with Crippen LogP contribution in [0.1, 0.15) is 44.7 Å². The van der Waals surface area contributed by atoms with Gasteiger partial charge in [0.05, 0.1) is 22.7 Å². The fraction of sp³-hybridized carbons (Fsp3) is 0.667. The van der Waals surface area contributed by atoms with Crippen LogP contribution in [0.4, 0.5) is 4.39 Å². The molecule has 1 aromatic rings. The van der Waals surface area contributed by atoms with Crippen LogP contribution >= 0.6 is 0 Å². The van der Waals surface area contributed by atoms with E-state index in [0.29, 0.717) is 25.0 Å². The Bertz CT molecular complexity index is 588. The minimum absolute atomic E-state index is 0.0499. The molecule has 3 atom stereocenters. The molecule has 0 aliphatic heterocycles. The molecule has 0 spiro atoms. The molecular formula is C15H23FN2O2S. The second kappa shape index (κ2) is 6.01. The normalized spacial score (nSPS) is 26.3. The molecule has 0 bridgehead atoms. The van der Waals surface area contributed by atoms with Crippen LogP contribution in [0.2, 0.25) is 0 Å². The van der Waals surface area contributed by atoms with Gasteiger partial charge in [0, 0.05) is 6.26 Å². The van der Waals surface area contributed by atoms with Crippen LogP contribution in [0.3, 0.4) is 0 Å². The van der Waals surface area contributed by atoms with E-state index >= 15 is 0 Å². The van der Waals surface area contributed by atoms with Gasteiger partial charge in [-0.2, -0.15) is 0 Å². The first-order valence-electron chi connectivity index (χ1n) is 7.37. The minimum atomic E-state index is -3.05. The van der Waals surface area contributed by atoms with Gasteiger partial charge in [-0.15, -0.1) is 0 Å². The molecule has 1 fully saturated rings. The lowest BCUT2D eigenvalue weighted by atomic mass is 9.71. The number of pyridine rings is 1. The van der Waals surface area contributed by atoms with Crippen LogP contribution in [0.15, 0.2) is 18.3 Å². The van der Waals surface area contributed by atoms with E-state index in [1.807, 2.05) is 6.92 Å². The van der Waals surface area contributed by atoms with Gasteiger partial charge in [0.1, 0.15) is 15.7 Å². The van der Waals surface area contributed by atoms with Crippen LogP contribution in [-0.2, 0) is 15.4 Å². The maximum atomic E-state index is 13.1. The zero-order chi connectivity index (χ0) is 15.7. The maximum Gasteiger partial charge on any atom is 0.150 e. The van der Waals surface area contributed by atoms with Crippen molar-refractivity contribution in [1.29, 1.82) is 0 Å². The highest BCUT2D eigenvalue weighted by Gasteiger charge is 2.41. The van der Waals surface area contributed by atoms with Gasteiger partial charge in [0.25, 0.3) is 0 Å². The second-order valence-electron chi connectivity index (χ2n) is 6.07. The van der Waals surface area contributed by atoms with Crippen molar-refractivity contribution < 1.29 is 12.8 Å². The molecule has 4 nitrogen and oxygen atoms in total. The van der Waals surface area contributed by atoms with E-state index in [9.17, 15) is 12.8 Å². The van der Waals surface area contributed by atoms with Gasteiger partial charge in [-0.1, -0.05) is 13.3 Å². The molecule has 0 aromatic carbocycles. The zero-order valence-corrected chi connectivity index (χ0v) is 13.4. The summed E-state index contributed by atoms with van der Waals surface area (Å²) in [4.78, 5) is 4.13. The standard InChI is InChI=1S/C15H23FN2O2S/c1-3-15(17,14-8-7-12(16)10-18-14)11-5-4-6-13(9-11)21(2,19)20/h7-8,10-11,13H,3-6,9,17H2,1-2H3. The molecule has 1 aromatic heterocycles. The molecule has 1 heterocycles. The molecule has 0 radical (unpaired) electrons. The van der Waals surface area contributed by atoms with E-state index in [-0.39, 0.29) is 11.2 Å². The first-order valence-corrected chi connectivity index (χ1v) is 9.32. The topological polar surface area (TPSA) is 73.0 Å². The van der Waals surface area contributed by atoms with E-state index in [4.69, 9.17) is 5.73 Å². The van der Waals surface area contributed by atoms with Crippen LogP contribution < -0.4 is 5.73 Å². The molecule has 1 aliphatic carbocycles. The van der Waals surface area contributed by atoms with Gasteiger partial charge in [-0.3, -0.25) is 4.98 Å². The number of nitrogens with two attached hydrogens (primary N) is 1. The first-order chi connectivity index (χ1) is 9.77. The first kappa shape index (κ1) is 16.4. The summed E-state index contributed by atoms with van der Waals surface area (Å²) in [6.07, 6.45) is 6.10. The Labute approximate surface area is 125 Å². The van der Waals surface area contributed by atoms with Crippen molar-refractivity contribution in [1.82, 2.24) is 4.98 Å². The average Bonchev–Trinajstić information content (AvgIpc) is 2.46. The summed E-state index contributed by atoms with van der Waals surface area (Å²) in [5.74, 6) is -0.344.